The molecule has 1 aromatic carbocycles. The Morgan fingerprint density at radius 2 is 1.96 bits per heavy atom. The number of amides is 2. The van der Waals surface area contributed by atoms with E-state index in [0.29, 0.717) is 33.5 Å². The molecule has 0 saturated heterocycles. The van der Waals surface area contributed by atoms with Gasteiger partial charge in [0.15, 0.2) is 0 Å². The van der Waals surface area contributed by atoms with Crippen LogP contribution in [0.3, 0.4) is 0 Å². The first-order valence-electron chi connectivity index (χ1n) is 8.34. The van der Waals surface area contributed by atoms with Gasteiger partial charge in [0.1, 0.15) is 0 Å². The number of ether oxygens (including phenoxy) is 1. The Balaban J connectivity index is 2.18. The van der Waals surface area contributed by atoms with Crippen LogP contribution in [0.1, 0.15) is 51.1 Å². The van der Waals surface area contributed by atoms with E-state index in [1.807, 2.05) is 0 Å². The Bertz CT molecular complexity index is 689. The maximum Gasteiger partial charge on any atom is 0.338 e. The predicted molar refractivity (Wildman–Crippen MR) is 98.7 cm³/mol. The highest BCUT2D eigenvalue weighted by Gasteiger charge is 2.32. The first kappa shape index (κ1) is 19.6. The molecule has 2 rings (SSSR count). The maximum atomic E-state index is 12.6. The summed E-state index contributed by atoms with van der Waals surface area (Å²) in [5.41, 5.74) is 1.51. The number of unbranched alkanes of at least 4 members (excludes halogenated alkanes) is 3. The molecule has 0 fully saturated rings. The van der Waals surface area contributed by atoms with Gasteiger partial charge in [-0.05, 0) is 31.0 Å². The molecule has 0 bridgehead atoms. The molecule has 1 aliphatic heterocycles. The SMILES string of the molecule is CCCCCCOC(=O)C1=C(C)NC(=O)N[C@@H]1c1ccc(Cl)c(Cl)c1. The van der Waals surface area contributed by atoms with Crippen molar-refractivity contribution in [1.82, 2.24) is 10.6 Å². The smallest absolute Gasteiger partial charge is 0.338 e. The Morgan fingerprint density at radius 1 is 1.20 bits per heavy atom. The van der Waals surface area contributed by atoms with Crippen LogP contribution in [0.2, 0.25) is 10.0 Å². The topological polar surface area (TPSA) is 67.4 Å². The minimum absolute atomic E-state index is 0.358. The van der Waals surface area contributed by atoms with Crippen LogP contribution in [0.25, 0.3) is 0 Å². The van der Waals surface area contributed by atoms with E-state index in [4.69, 9.17) is 27.9 Å². The lowest BCUT2D eigenvalue weighted by Gasteiger charge is -2.28. The number of hydrogen-bond acceptors (Lipinski definition) is 3. The van der Waals surface area contributed by atoms with E-state index in [-0.39, 0.29) is 6.03 Å². The van der Waals surface area contributed by atoms with Crippen LogP contribution in [0.5, 0.6) is 0 Å². The lowest BCUT2D eigenvalue weighted by Crippen LogP contribution is -2.45. The van der Waals surface area contributed by atoms with Crippen LogP contribution in [0.15, 0.2) is 29.5 Å². The molecular weight excluding hydrogens is 363 g/mol. The number of carbonyl (C=O) groups is 2. The fourth-order valence-corrected chi connectivity index (χ4v) is 2.98. The average Bonchev–Trinajstić information content (AvgIpc) is 2.56. The Morgan fingerprint density at radius 3 is 2.64 bits per heavy atom. The highest BCUT2D eigenvalue weighted by Crippen LogP contribution is 2.31. The molecule has 0 radical (unpaired) electrons. The second-order valence-corrected chi connectivity index (χ2v) is 6.75. The van der Waals surface area contributed by atoms with Crippen molar-refractivity contribution < 1.29 is 14.3 Å². The molecule has 0 spiro atoms. The van der Waals surface area contributed by atoms with Crippen LogP contribution in [-0.2, 0) is 9.53 Å². The van der Waals surface area contributed by atoms with Crippen LogP contribution in [-0.4, -0.2) is 18.6 Å². The number of halogens is 2. The number of hydrogen-bond donors (Lipinski definition) is 2. The van der Waals surface area contributed by atoms with E-state index in [2.05, 4.69) is 17.6 Å². The predicted octanol–water partition coefficient (Wildman–Crippen LogP) is 4.74. The monoisotopic (exact) mass is 384 g/mol. The summed E-state index contributed by atoms with van der Waals surface area (Å²) in [6.45, 7) is 4.16. The van der Waals surface area contributed by atoms with Gasteiger partial charge < -0.3 is 15.4 Å². The molecule has 136 valence electrons. The molecule has 1 atom stereocenters. The summed E-state index contributed by atoms with van der Waals surface area (Å²) >= 11 is 12.0. The summed E-state index contributed by atoms with van der Waals surface area (Å²) in [5, 5.41) is 6.12. The molecule has 0 unspecified atom stereocenters. The molecule has 0 aromatic heterocycles. The molecule has 1 heterocycles. The van der Waals surface area contributed by atoms with Crippen molar-refractivity contribution in [2.45, 2.75) is 45.6 Å². The minimum atomic E-state index is -0.633. The van der Waals surface area contributed by atoms with Gasteiger partial charge in [-0.1, -0.05) is 55.5 Å². The average molecular weight is 385 g/mol. The fourth-order valence-electron chi connectivity index (χ4n) is 2.68. The lowest BCUT2D eigenvalue weighted by molar-refractivity contribution is -0.139. The summed E-state index contributed by atoms with van der Waals surface area (Å²) in [7, 11) is 0. The zero-order valence-electron chi connectivity index (χ0n) is 14.3. The van der Waals surface area contributed by atoms with Crippen LogP contribution in [0, 0.1) is 0 Å². The maximum absolute atomic E-state index is 12.6. The molecule has 0 saturated carbocycles. The zero-order chi connectivity index (χ0) is 18.4. The molecule has 5 nitrogen and oxygen atoms in total. The van der Waals surface area contributed by atoms with Gasteiger partial charge in [0.2, 0.25) is 0 Å². The van der Waals surface area contributed by atoms with E-state index in [1.165, 1.54) is 0 Å². The van der Waals surface area contributed by atoms with Crippen LogP contribution < -0.4 is 10.6 Å². The first-order valence-corrected chi connectivity index (χ1v) is 9.10. The van der Waals surface area contributed by atoms with Gasteiger partial charge in [0.05, 0.1) is 28.3 Å². The lowest BCUT2D eigenvalue weighted by atomic mass is 9.95. The number of rotatable bonds is 7. The molecule has 1 aromatic rings. The third-order valence-corrected chi connectivity index (χ3v) is 4.74. The van der Waals surface area contributed by atoms with Crippen molar-refractivity contribution >= 4 is 35.2 Å². The minimum Gasteiger partial charge on any atom is -0.462 e. The van der Waals surface area contributed by atoms with Gasteiger partial charge in [0, 0.05) is 5.70 Å². The van der Waals surface area contributed by atoms with Crippen LogP contribution in [0.4, 0.5) is 4.79 Å². The largest absolute Gasteiger partial charge is 0.462 e. The number of benzene rings is 1. The van der Waals surface area contributed by atoms with Crippen molar-refractivity contribution in [3.8, 4) is 0 Å². The Kier molecular flexibility index (Phi) is 7.14. The standard InChI is InChI=1S/C18H22Cl2N2O3/c1-3-4-5-6-9-25-17(23)15-11(2)21-18(24)22-16(15)12-7-8-13(19)14(20)10-12/h7-8,10,16H,3-6,9H2,1-2H3,(H2,21,22,24)/t16-/m1/s1. The molecule has 0 aliphatic carbocycles. The summed E-state index contributed by atoms with van der Waals surface area (Å²) in [6, 6.07) is 3.99. The van der Waals surface area contributed by atoms with E-state index in [9.17, 15) is 9.59 Å². The molecule has 7 heteroatoms. The van der Waals surface area contributed by atoms with E-state index in [0.717, 1.165) is 25.7 Å². The van der Waals surface area contributed by atoms with Gasteiger partial charge in [-0.2, -0.15) is 0 Å². The number of carbonyl (C=O) groups excluding carboxylic acids is 2. The first-order chi connectivity index (χ1) is 11.9. The molecule has 25 heavy (non-hydrogen) atoms. The van der Waals surface area contributed by atoms with E-state index in [1.54, 1.807) is 25.1 Å². The van der Waals surface area contributed by atoms with Crippen molar-refractivity contribution in [3.63, 3.8) is 0 Å². The van der Waals surface area contributed by atoms with Gasteiger partial charge in [-0.25, -0.2) is 9.59 Å². The number of nitrogens with one attached hydrogen (secondary N) is 2. The normalized spacial score (nSPS) is 17.1. The van der Waals surface area contributed by atoms with Crippen molar-refractivity contribution in [2.24, 2.45) is 0 Å². The quantitative estimate of drug-likeness (QED) is 0.526. The van der Waals surface area contributed by atoms with Gasteiger partial charge in [-0.15, -0.1) is 0 Å². The fraction of sp³-hybridized carbons (Fsp3) is 0.444. The molecular formula is C18H22Cl2N2O3. The number of urea groups is 1. The van der Waals surface area contributed by atoms with Crippen molar-refractivity contribution in [1.29, 1.82) is 0 Å². The molecule has 2 amide bonds. The third-order valence-electron chi connectivity index (χ3n) is 4.00. The summed E-state index contributed by atoms with van der Waals surface area (Å²) < 4.78 is 5.39. The summed E-state index contributed by atoms with van der Waals surface area (Å²) in [6.07, 6.45) is 4.08. The van der Waals surface area contributed by atoms with Crippen molar-refractivity contribution in [3.05, 3.63) is 45.1 Å². The summed E-state index contributed by atoms with van der Waals surface area (Å²) in [4.78, 5) is 24.4. The third kappa shape index (κ3) is 5.13. The van der Waals surface area contributed by atoms with E-state index < -0.39 is 12.0 Å². The van der Waals surface area contributed by atoms with Crippen LogP contribution >= 0.6 is 23.2 Å². The van der Waals surface area contributed by atoms with Crippen molar-refractivity contribution in [2.75, 3.05) is 6.61 Å². The van der Waals surface area contributed by atoms with Gasteiger partial charge in [0.25, 0.3) is 0 Å². The number of esters is 1. The molecule has 1 aliphatic rings. The second-order valence-electron chi connectivity index (χ2n) is 5.94. The second kappa shape index (κ2) is 9.11. The van der Waals surface area contributed by atoms with E-state index >= 15 is 0 Å². The Hall–Kier alpha value is -1.72. The zero-order valence-corrected chi connectivity index (χ0v) is 15.8. The number of allylic oxidation sites excluding steroid dienone is 1. The highest BCUT2D eigenvalue weighted by molar-refractivity contribution is 6.42. The summed E-state index contributed by atoms with van der Waals surface area (Å²) in [5.74, 6) is -0.447. The van der Waals surface area contributed by atoms with Gasteiger partial charge >= 0.3 is 12.0 Å². The highest BCUT2D eigenvalue weighted by atomic mass is 35.5. The van der Waals surface area contributed by atoms with Gasteiger partial charge in [-0.3, -0.25) is 0 Å². The Labute approximate surface area is 157 Å². The molecule has 2 N–H and O–H groups in total.